The molecule has 0 spiro atoms. The zero-order chi connectivity index (χ0) is 29.9. The Morgan fingerprint density at radius 3 is 2.43 bits per heavy atom. The largest absolute Gasteiger partial charge is 0.496 e. The quantitative estimate of drug-likeness (QED) is 0.462. The second kappa shape index (κ2) is 10.2. The van der Waals surface area contributed by atoms with E-state index in [-0.39, 0.29) is 17.0 Å². The molecule has 3 aromatic rings. The van der Waals surface area contributed by atoms with Gasteiger partial charge in [-0.25, -0.2) is 17.2 Å². The monoisotopic (exact) mass is 593 g/mol. The van der Waals surface area contributed by atoms with Crippen LogP contribution >= 0.6 is 0 Å². The number of pyridine rings is 1. The number of allylic oxidation sites excluding steroid dienone is 1. The van der Waals surface area contributed by atoms with Crippen molar-refractivity contribution in [3.8, 4) is 11.5 Å². The Morgan fingerprint density at radius 2 is 1.79 bits per heavy atom. The summed E-state index contributed by atoms with van der Waals surface area (Å²) in [7, 11) is 1.25. The zero-order valence-electron chi connectivity index (χ0n) is 23.4. The van der Waals surface area contributed by atoms with E-state index in [4.69, 9.17) is 9.47 Å². The maximum absolute atomic E-state index is 15.4. The standard InChI is InChI=1S/C31H29F2N3O5S/c1-35-11-10-20-18(16-42(4,38)39)12-17-15-36(23-9-8-19(32)13-22(23)33)30-21(14-34-29(26(17)30)28(20)31(35)37)27-24(40-2)6-5-7-25(27)41-3/h5-13,15,21,30,34H,14,16H2,1-4H3. The Kier molecular flexibility index (Phi) is 6.72. The van der Waals surface area contributed by atoms with E-state index in [1.54, 1.807) is 50.7 Å². The lowest BCUT2D eigenvalue weighted by Crippen LogP contribution is -2.45. The molecule has 0 amide bonds. The lowest BCUT2D eigenvalue weighted by molar-refractivity contribution is 0.372. The minimum Gasteiger partial charge on any atom is -0.496 e. The van der Waals surface area contributed by atoms with Crippen LogP contribution in [0.4, 0.5) is 14.5 Å². The van der Waals surface area contributed by atoms with Gasteiger partial charge in [-0.05, 0) is 53.1 Å². The second-order valence-corrected chi connectivity index (χ2v) is 12.8. The molecule has 42 heavy (non-hydrogen) atoms. The first-order valence-corrected chi connectivity index (χ1v) is 15.3. The predicted molar refractivity (Wildman–Crippen MR) is 157 cm³/mol. The first-order chi connectivity index (χ1) is 20.0. The summed E-state index contributed by atoms with van der Waals surface area (Å²) in [6.45, 7) is 0.305. The fourth-order valence-corrected chi connectivity index (χ4v) is 7.08. The summed E-state index contributed by atoms with van der Waals surface area (Å²) in [5.41, 5.74) is 3.70. The summed E-state index contributed by atoms with van der Waals surface area (Å²) in [5.74, 6) is -1.03. The number of halogens is 2. The molecule has 6 rings (SSSR count). The van der Waals surface area contributed by atoms with Crippen LogP contribution < -0.4 is 25.2 Å². The van der Waals surface area contributed by atoms with Crippen LogP contribution in [0.15, 0.2) is 76.9 Å². The van der Waals surface area contributed by atoms with E-state index in [9.17, 15) is 17.6 Å². The van der Waals surface area contributed by atoms with Crippen LogP contribution in [-0.4, -0.2) is 51.8 Å². The van der Waals surface area contributed by atoms with Gasteiger partial charge >= 0.3 is 0 Å². The molecule has 0 radical (unpaired) electrons. The molecule has 3 heterocycles. The van der Waals surface area contributed by atoms with Crippen LogP contribution in [0.1, 0.15) is 22.6 Å². The molecular weight excluding hydrogens is 564 g/mol. The van der Waals surface area contributed by atoms with E-state index >= 15 is 4.39 Å². The molecule has 8 nitrogen and oxygen atoms in total. The SMILES string of the molecule is COc1cccc(OC)c1C1CNC2=C3C(=CN(c4ccc(F)cc4F)C31)C=C(CS(C)(=O)=O)c1ccn(C)c(=O)c12. The molecule has 2 aromatic carbocycles. The van der Waals surface area contributed by atoms with Crippen molar-refractivity contribution in [2.75, 3.05) is 37.7 Å². The summed E-state index contributed by atoms with van der Waals surface area (Å²) in [6.07, 6.45) is 6.23. The van der Waals surface area contributed by atoms with Crippen molar-refractivity contribution >= 4 is 26.8 Å². The van der Waals surface area contributed by atoms with Crippen molar-refractivity contribution in [3.63, 3.8) is 0 Å². The summed E-state index contributed by atoms with van der Waals surface area (Å²) in [4.78, 5) is 15.4. The summed E-state index contributed by atoms with van der Waals surface area (Å²) >= 11 is 0. The van der Waals surface area contributed by atoms with Gasteiger partial charge in [-0.2, -0.15) is 0 Å². The molecule has 1 aromatic heterocycles. The topological polar surface area (TPSA) is 89.9 Å². The highest BCUT2D eigenvalue weighted by Crippen LogP contribution is 2.51. The van der Waals surface area contributed by atoms with Gasteiger partial charge in [0, 0.05) is 55.4 Å². The number of methoxy groups -OCH3 is 2. The average Bonchev–Trinajstić information content (AvgIpc) is 3.25. The Hall–Kier alpha value is -4.38. The minimum absolute atomic E-state index is 0.133. The van der Waals surface area contributed by atoms with Gasteiger partial charge in [0.2, 0.25) is 0 Å². The number of nitrogens with one attached hydrogen (secondary N) is 1. The third-order valence-corrected chi connectivity index (χ3v) is 8.81. The van der Waals surface area contributed by atoms with E-state index in [2.05, 4.69) is 5.32 Å². The van der Waals surface area contributed by atoms with Crippen molar-refractivity contribution in [2.45, 2.75) is 12.0 Å². The van der Waals surface area contributed by atoms with Crippen molar-refractivity contribution < 1.29 is 26.7 Å². The molecule has 2 atom stereocenters. The number of nitrogens with zero attached hydrogens (tertiary/aromatic N) is 2. The Morgan fingerprint density at radius 1 is 1.07 bits per heavy atom. The van der Waals surface area contributed by atoms with Crippen molar-refractivity contribution in [3.05, 3.63) is 111 Å². The molecule has 11 heteroatoms. The molecule has 2 aliphatic heterocycles. The number of fused-ring (bicyclic) bond motifs is 2. The Labute approximate surface area is 242 Å². The van der Waals surface area contributed by atoms with E-state index < -0.39 is 33.4 Å². The van der Waals surface area contributed by atoms with Gasteiger partial charge in [0.05, 0.1) is 43.0 Å². The first-order valence-electron chi connectivity index (χ1n) is 13.3. The molecule has 218 valence electrons. The van der Waals surface area contributed by atoms with Gasteiger partial charge < -0.3 is 24.3 Å². The van der Waals surface area contributed by atoms with Crippen LogP contribution in [-0.2, 0) is 16.9 Å². The number of benzene rings is 2. The number of anilines is 1. The summed E-state index contributed by atoms with van der Waals surface area (Å²) < 4.78 is 67.4. The van der Waals surface area contributed by atoms with Crippen molar-refractivity contribution in [1.82, 2.24) is 9.88 Å². The fraction of sp³-hybridized carbons (Fsp3) is 0.258. The van der Waals surface area contributed by atoms with Crippen molar-refractivity contribution in [1.29, 1.82) is 0 Å². The highest BCUT2D eigenvalue weighted by Gasteiger charge is 2.46. The molecule has 0 saturated carbocycles. The lowest BCUT2D eigenvalue weighted by atomic mass is 9.80. The summed E-state index contributed by atoms with van der Waals surface area (Å²) in [6, 6.07) is 9.98. The molecule has 0 fully saturated rings. The molecule has 0 bridgehead atoms. The number of aryl methyl sites for hydroxylation is 1. The van der Waals surface area contributed by atoms with Crippen LogP contribution in [0.25, 0.3) is 11.3 Å². The Balaban J connectivity index is 1.68. The van der Waals surface area contributed by atoms with Gasteiger partial charge in [-0.1, -0.05) is 6.07 Å². The van der Waals surface area contributed by atoms with E-state index in [1.807, 2.05) is 18.2 Å². The summed E-state index contributed by atoms with van der Waals surface area (Å²) in [5, 5.41) is 3.47. The number of hydrogen-bond acceptors (Lipinski definition) is 7. The molecule has 2 unspecified atom stereocenters. The van der Waals surface area contributed by atoms with Crippen LogP contribution in [0.5, 0.6) is 11.5 Å². The first kappa shape index (κ1) is 27.8. The smallest absolute Gasteiger partial charge is 0.260 e. The van der Waals surface area contributed by atoms with Crippen LogP contribution in [0, 0.1) is 11.6 Å². The highest BCUT2D eigenvalue weighted by atomic mass is 32.2. The molecular formula is C31H29F2N3O5S. The van der Waals surface area contributed by atoms with Gasteiger partial charge in [0.15, 0.2) is 9.84 Å². The van der Waals surface area contributed by atoms with Gasteiger partial charge in [0.1, 0.15) is 23.1 Å². The maximum atomic E-state index is 15.4. The van der Waals surface area contributed by atoms with Crippen molar-refractivity contribution in [2.24, 2.45) is 7.05 Å². The van der Waals surface area contributed by atoms with E-state index in [1.165, 1.54) is 16.7 Å². The van der Waals surface area contributed by atoms with Gasteiger partial charge in [-0.15, -0.1) is 0 Å². The number of rotatable bonds is 6. The normalized spacial score (nSPS) is 19.3. The average molecular weight is 594 g/mol. The third kappa shape index (κ3) is 4.48. The minimum atomic E-state index is -3.50. The third-order valence-electron chi connectivity index (χ3n) is 7.97. The van der Waals surface area contributed by atoms with Gasteiger partial charge in [-0.3, -0.25) is 4.79 Å². The fourth-order valence-electron chi connectivity index (χ4n) is 6.27. The molecule has 0 saturated heterocycles. The lowest BCUT2D eigenvalue weighted by Gasteiger charge is -2.39. The number of aromatic nitrogens is 1. The van der Waals surface area contributed by atoms with Crippen LogP contribution in [0.2, 0.25) is 0 Å². The number of sulfone groups is 1. The predicted octanol–water partition coefficient (Wildman–Crippen LogP) is 3.99. The van der Waals surface area contributed by atoms with E-state index in [0.717, 1.165) is 17.9 Å². The second-order valence-electron chi connectivity index (χ2n) is 10.6. The maximum Gasteiger partial charge on any atom is 0.260 e. The van der Waals surface area contributed by atoms with Crippen LogP contribution in [0.3, 0.4) is 0 Å². The van der Waals surface area contributed by atoms with Gasteiger partial charge in [0.25, 0.3) is 5.56 Å². The Bertz CT molecular complexity index is 1870. The number of hydrogen-bond donors (Lipinski definition) is 1. The molecule has 1 N–H and O–H groups in total. The zero-order valence-corrected chi connectivity index (χ0v) is 24.3. The highest BCUT2D eigenvalue weighted by molar-refractivity contribution is 7.91. The molecule has 3 aliphatic rings. The van der Waals surface area contributed by atoms with E-state index in [0.29, 0.717) is 51.6 Å². The number of ether oxygens (including phenoxy) is 2. The molecule has 1 aliphatic carbocycles.